The summed E-state index contributed by atoms with van der Waals surface area (Å²) < 4.78 is 8.26. The Balaban J connectivity index is 1.25. The molecule has 1 aliphatic carbocycles. The molecule has 176 valence electrons. The third-order valence-corrected chi connectivity index (χ3v) is 7.95. The molecule has 4 nitrogen and oxygen atoms in total. The average Bonchev–Trinajstić information content (AvgIpc) is 3.55. The van der Waals surface area contributed by atoms with Gasteiger partial charge in [0.2, 0.25) is 5.71 Å². The van der Waals surface area contributed by atoms with Gasteiger partial charge < -0.3 is 4.42 Å². The molecule has 4 heterocycles. The normalized spacial score (nSPS) is 13.9. The molecule has 0 saturated heterocycles. The first-order chi connectivity index (χ1) is 18.1. The van der Waals surface area contributed by atoms with E-state index >= 15 is 0 Å². The predicted molar refractivity (Wildman–Crippen MR) is 149 cm³/mol. The SMILES string of the molecule is CC1(C)c2cc(-c3ccncc3)ccc2-c2ccc(-c3ccc4nc5c6ccccc6oc5n4c3)cc21. The fraction of sp³-hybridized carbons (Fsp3) is 0.0909. The zero-order valence-corrected chi connectivity index (χ0v) is 20.6. The van der Waals surface area contributed by atoms with Crippen LogP contribution in [0.3, 0.4) is 0 Å². The van der Waals surface area contributed by atoms with E-state index in [1.165, 1.54) is 38.9 Å². The number of hydrogen-bond acceptors (Lipinski definition) is 3. The van der Waals surface area contributed by atoms with Gasteiger partial charge in [0.05, 0.1) is 0 Å². The lowest BCUT2D eigenvalue weighted by Gasteiger charge is -2.22. The molecule has 0 spiro atoms. The van der Waals surface area contributed by atoms with Gasteiger partial charge in [-0.25, -0.2) is 4.98 Å². The summed E-state index contributed by atoms with van der Waals surface area (Å²) in [7, 11) is 0. The second kappa shape index (κ2) is 7.17. The quantitative estimate of drug-likeness (QED) is 0.252. The van der Waals surface area contributed by atoms with Crippen LogP contribution in [-0.2, 0) is 5.41 Å². The van der Waals surface area contributed by atoms with Crippen LogP contribution in [0.15, 0.2) is 108 Å². The molecule has 0 unspecified atom stereocenters. The van der Waals surface area contributed by atoms with Crippen LogP contribution in [0.4, 0.5) is 0 Å². The third kappa shape index (κ3) is 2.84. The number of para-hydroxylation sites is 1. The van der Waals surface area contributed by atoms with Gasteiger partial charge in [0, 0.05) is 29.4 Å². The molecule has 1 aliphatic rings. The van der Waals surface area contributed by atoms with Crippen LogP contribution in [0.5, 0.6) is 0 Å². The number of aromatic nitrogens is 3. The molecule has 4 heteroatoms. The van der Waals surface area contributed by atoms with E-state index in [2.05, 4.69) is 96.2 Å². The predicted octanol–water partition coefficient (Wildman–Crippen LogP) is 8.27. The Morgan fingerprint density at radius 3 is 2.14 bits per heavy atom. The lowest BCUT2D eigenvalue weighted by atomic mass is 9.81. The molecule has 0 N–H and O–H groups in total. The van der Waals surface area contributed by atoms with Crippen molar-refractivity contribution < 1.29 is 4.42 Å². The zero-order valence-electron chi connectivity index (χ0n) is 20.6. The summed E-state index contributed by atoms with van der Waals surface area (Å²) in [4.78, 5) is 9.02. The van der Waals surface area contributed by atoms with Crippen molar-refractivity contribution in [3.05, 3.63) is 115 Å². The summed E-state index contributed by atoms with van der Waals surface area (Å²) >= 11 is 0. The van der Waals surface area contributed by atoms with Gasteiger partial charge in [0.1, 0.15) is 16.7 Å². The van der Waals surface area contributed by atoms with Crippen molar-refractivity contribution in [2.24, 2.45) is 0 Å². The average molecular weight is 478 g/mol. The maximum absolute atomic E-state index is 6.19. The van der Waals surface area contributed by atoms with Gasteiger partial charge in [-0.05, 0) is 93.0 Å². The van der Waals surface area contributed by atoms with Gasteiger partial charge in [-0.3, -0.25) is 9.38 Å². The van der Waals surface area contributed by atoms with Crippen LogP contribution >= 0.6 is 0 Å². The molecule has 0 amide bonds. The first kappa shape index (κ1) is 20.5. The number of hydrogen-bond donors (Lipinski definition) is 0. The Morgan fingerprint density at radius 1 is 0.703 bits per heavy atom. The Hall–Kier alpha value is -4.70. The molecular formula is C33H23N3O. The second-order valence-corrected chi connectivity index (χ2v) is 10.4. The molecule has 4 aromatic heterocycles. The summed E-state index contributed by atoms with van der Waals surface area (Å²) in [6, 6.07) is 30.2. The largest absolute Gasteiger partial charge is 0.437 e. The number of furan rings is 1. The lowest BCUT2D eigenvalue weighted by Crippen LogP contribution is -2.15. The highest BCUT2D eigenvalue weighted by Gasteiger charge is 2.35. The molecule has 37 heavy (non-hydrogen) atoms. The number of benzene rings is 3. The van der Waals surface area contributed by atoms with E-state index < -0.39 is 0 Å². The first-order valence-corrected chi connectivity index (χ1v) is 12.6. The van der Waals surface area contributed by atoms with E-state index in [0.717, 1.165) is 33.4 Å². The van der Waals surface area contributed by atoms with Crippen molar-refractivity contribution in [2.75, 3.05) is 0 Å². The molecule has 0 saturated carbocycles. The minimum Gasteiger partial charge on any atom is -0.437 e. The number of pyridine rings is 2. The Bertz CT molecular complexity index is 2010. The Kier molecular flexibility index (Phi) is 3.97. The van der Waals surface area contributed by atoms with Crippen LogP contribution in [0.1, 0.15) is 25.0 Å². The van der Waals surface area contributed by atoms with Crippen molar-refractivity contribution in [3.63, 3.8) is 0 Å². The minimum atomic E-state index is -0.102. The van der Waals surface area contributed by atoms with Crippen molar-refractivity contribution in [3.8, 4) is 33.4 Å². The number of imidazole rings is 1. The van der Waals surface area contributed by atoms with E-state index in [-0.39, 0.29) is 5.41 Å². The Labute approximate surface area is 213 Å². The van der Waals surface area contributed by atoms with E-state index in [0.29, 0.717) is 0 Å². The molecule has 3 aromatic carbocycles. The maximum atomic E-state index is 6.19. The van der Waals surface area contributed by atoms with Crippen LogP contribution in [0.2, 0.25) is 0 Å². The molecular weight excluding hydrogens is 454 g/mol. The van der Waals surface area contributed by atoms with E-state index in [1.54, 1.807) is 0 Å². The molecule has 0 bridgehead atoms. The topological polar surface area (TPSA) is 43.3 Å². The van der Waals surface area contributed by atoms with Gasteiger partial charge in [-0.2, -0.15) is 0 Å². The molecule has 8 rings (SSSR count). The Morgan fingerprint density at radius 2 is 1.38 bits per heavy atom. The zero-order chi connectivity index (χ0) is 24.7. The van der Waals surface area contributed by atoms with Crippen LogP contribution in [0.25, 0.3) is 61.2 Å². The molecule has 0 radical (unpaired) electrons. The van der Waals surface area contributed by atoms with Crippen molar-refractivity contribution in [1.29, 1.82) is 0 Å². The second-order valence-electron chi connectivity index (χ2n) is 10.4. The summed E-state index contributed by atoms with van der Waals surface area (Å²) in [5.41, 5.74) is 13.4. The highest BCUT2D eigenvalue weighted by molar-refractivity contribution is 6.03. The van der Waals surface area contributed by atoms with E-state index in [9.17, 15) is 0 Å². The highest BCUT2D eigenvalue weighted by Crippen LogP contribution is 2.50. The van der Waals surface area contributed by atoms with Crippen LogP contribution in [0, 0.1) is 0 Å². The van der Waals surface area contributed by atoms with Gasteiger partial charge in [-0.1, -0.05) is 50.2 Å². The third-order valence-electron chi connectivity index (χ3n) is 7.95. The highest BCUT2D eigenvalue weighted by atomic mass is 16.3. The summed E-state index contributed by atoms with van der Waals surface area (Å²) in [5.74, 6) is 0. The van der Waals surface area contributed by atoms with Crippen molar-refractivity contribution in [2.45, 2.75) is 19.3 Å². The van der Waals surface area contributed by atoms with Gasteiger partial charge in [0.15, 0.2) is 0 Å². The first-order valence-electron chi connectivity index (χ1n) is 12.6. The molecule has 0 atom stereocenters. The minimum absolute atomic E-state index is 0.102. The van der Waals surface area contributed by atoms with Crippen LogP contribution in [-0.4, -0.2) is 14.4 Å². The number of rotatable bonds is 2. The van der Waals surface area contributed by atoms with Gasteiger partial charge in [-0.15, -0.1) is 0 Å². The summed E-state index contributed by atoms with van der Waals surface area (Å²) in [6.07, 6.45) is 5.85. The van der Waals surface area contributed by atoms with Gasteiger partial charge in [0.25, 0.3) is 0 Å². The molecule has 7 aromatic rings. The van der Waals surface area contributed by atoms with Crippen molar-refractivity contribution >= 4 is 27.8 Å². The van der Waals surface area contributed by atoms with Crippen molar-refractivity contribution in [1.82, 2.24) is 14.4 Å². The maximum Gasteiger partial charge on any atom is 0.232 e. The molecule has 0 aliphatic heterocycles. The standard InChI is InChI=1S/C33H23N3O/c1-33(2)27-17-21(20-13-15-34-16-14-20)7-10-24(27)25-11-8-22(18-28(25)33)23-9-12-30-35-31-26-5-3-4-6-29(26)37-32(31)36(30)19-23/h3-19H,1-2H3. The number of nitrogens with zero attached hydrogens (tertiary/aromatic N) is 3. The smallest absolute Gasteiger partial charge is 0.232 e. The summed E-state index contributed by atoms with van der Waals surface area (Å²) in [6.45, 7) is 4.66. The molecule has 0 fully saturated rings. The fourth-order valence-corrected chi connectivity index (χ4v) is 5.96. The van der Waals surface area contributed by atoms with Crippen LogP contribution < -0.4 is 0 Å². The summed E-state index contributed by atoms with van der Waals surface area (Å²) in [5, 5.41) is 1.05. The van der Waals surface area contributed by atoms with Gasteiger partial charge >= 0.3 is 0 Å². The van der Waals surface area contributed by atoms with E-state index in [1.807, 2.05) is 30.6 Å². The van der Waals surface area contributed by atoms with E-state index in [4.69, 9.17) is 9.40 Å². The monoisotopic (exact) mass is 477 g/mol. The fourth-order valence-electron chi connectivity index (χ4n) is 5.96. The lowest BCUT2D eigenvalue weighted by molar-refractivity contribution is 0.649. The number of fused-ring (bicyclic) bond motifs is 8.